The first-order chi connectivity index (χ1) is 11.7. The smallest absolute Gasteiger partial charge is 0.229 e. The first kappa shape index (κ1) is 17.7. The normalized spacial score (nSPS) is 19.0. The number of sulfone groups is 1. The monoisotopic (exact) mass is 360 g/mol. The van der Waals surface area contributed by atoms with Crippen LogP contribution in [0.25, 0.3) is 0 Å². The molecular weight excluding hydrogens is 336 g/mol. The van der Waals surface area contributed by atoms with Gasteiger partial charge in [0.2, 0.25) is 5.95 Å². The average Bonchev–Trinajstić information content (AvgIpc) is 2.90. The van der Waals surface area contributed by atoms with Gasteiger partial charge in [-0.25, -0.2) is 13.4 Å². The molecule has 0 saturated carbocycles. The van der Waals surface area contributed by atoms with Gasteiger partial charge >= 0.3 is 0 Å². The number of hydrogen-bond donors (Lipinski definition) is 1. The summed E-state index contributed by atoms with van der Waals surface area (Å²) in [7, 11) is -1.03. The summed E-state index contributed by atoms with van der Waals surface area (Å²) in [5, 5.41) is 3.30. The number of anilines is 3. The minimum atomic E-state index is -2.92. The number of rotatable bonds is 4. The summed E-state index contributed by atoms with van der Waals surface area (Å²) >= 11 is 0. The van der Waals surface area contributed by atoms with Crippen LogP contribution in [0, 0.1) is 20.8 Å². The standard InChI is InChI=1S/C18H24N4O2S/c1-12-9-13(2)17(14(3)10-12)21-18-19-7-5-16(20-18)22(4)15-6-8-25(23,24)11-15/h5,7,9-10,15H,6,8,11H2,1-4H3,(H,19,20,21). The van der Waals surface area contributed by atoms with Crippen LogP contribution in [0.1, 0.15) is 23.1 Å². The number of nitrogens with one attached hydrogen (secondary N) is 1. The van der Waals surface area contributed by atoms with Crippen LogP contribution in [0.2, 0.25) is 0 Å². The SMILES string of the molecule is Cc1cc(C)c(Nc2nccc(N(C)C3CCS(=O)(=O)C3)n2)c(C)c1. The van der Waals surface area contributed by atoms with Gasteiger partial charge in [-0.2, -0.15) is 4.98 Å². The van der Waals surface area contributed by atoms with E-state index in [0.717, 1.165) is 22.6 Å². The molecule has 1 unspecified atom stereocenters. The lowest BCUT2D eigenvalue weighted by Gasteiger charge is -2.24. The third-order valence-corrected chi connectivity index (χ3v) is 6.42. The van der Waals surface area contributed by atoms with Crippen LogP contribution >= 0.6 is 0 Å². The maximum atomic E-state index is 11.7. The van der Waals surface area contributed by atoms with Gasteiger partial charge in [0.15, 0.2) is 9.84 Å². The largest absolute Gasteiger partial charge is 0.355 e. The predicted octanol–water partition coefficient (Wildman–Crippen LogP) is 2.77. The highest BCUT2D eigenvalue weighted by Crippen LogP contribution is 2.26. The lowest BCUT2D eigenvalue weighted by Crippen LogP contribution is -2.33. The minimum Gasteiger partial charge on any atom is -0.355 e. The minimum absolute atomic E-state index is 0.0319. The van der Waals surface area contributed by atoms with E-state index in [2.05, 4.69) is 48.2 Å². The van der Waals surface area contributed by atoms with Crippen LogP contribution in [-0.4, -0.2) is 43.0 Å². The van der Waals surface area contributed by atoms with Gasteiger partial charge in [0.25, 0.3) is 0 Å². The summed E-state index contributed by atoms with van der Waals surface area (Å²) < 4.78 is 23.4. The van der Waals surface area contributed by atoms with E-state index in [9.17, 15) is 8.42 Å². The van der Waals surface area contributed by atoms with Gasteiger partial charge in [-0.05, 0) is 44.4 Å². The number of nitrogens with zero attached hydrogens (tertiary/aromatic N) is 3. The second-order valence-corrected chi connectivity index (χ2v) is 9.03. The van der Waals surface area contributed by atoms with E-state index in [0.29, 0.717) is 12.4 Å². The van der Waals surface area contributed by atoms with E-state index in [1.54, 1.807) is 6.20 Å². The van der Waals surface area contributed by atoms with Crippen molar-refractivity contribution in [2.75, 3.05) is 28.8 Å². The molecule has 2 aromatic rings. The molecule has 6 nitrogen and oxygen atoms in total. The van der Waals surface area contributed by atoms with E-state index in [1.807, 2.05) is 18.0 Å². The van der Waals surface area contributed by atoms with Crippen LogP contribution in [0.4, 0.5) is 17.5 Å². The molecular formula is C18H24N4O2S. The first-order valence-corrected chi connectivity index (χ1v) is 10.2. The third kappa shape index (κ3) is 3.92. The lowest BCUT2D eigenvalue weighted by atomic mass is 10.1. The number of benzene rings is 1. The van der Waals surface area contributed by atoms with Crippen LogP contribution < -0.4 is 10.2 Å². The van der Waals surface area contributed by atoms with E-state index in [-0.39, 0.29) is 17.5 Å². The van der Waals surface area contributed by atoms with Gasteiger partial charge in [-0.1, -0.05) is 17.7 Å². The van der Waals surface area contributed by atoms with Gasteiger partial charge in [-0.15, -0.1) is 0 Å². The van der Waals surface area contributed by atoms with Crippen LogP contribution in [0.3, 0.4) is 0 Å². The van der Waals surface area contributed by atoms with Crippen molar-refractivity contribution in [2.45, 2.75) is 33.2 Å². The molecule has 1 N–H and O–H groups in total. The van der Waals surface area contributed by atoms with E-state index in [1.165, 1.54) is 5.56 Å². The fourth-order valence-electron chi connectivity index (χ4n) is 3.36. The van der Waals surface area contributed by atoms with Crippen LogP contribution in [0.15, 0.2) is 24.4 Å². The zero-order chi connectivity index (χ0) is 18.2. The molecule has 7 heteroatoms. The molecule has 1 saturated heterocycles. The third-order valence-electron chi connectivity index (χ3n) is 4.67. The molecule has 2 heterocycles. The highest BCUT2D eigenvalue weighted by molar-refractivity contribution is 7.91. The Kier molecular flexibility index (Phi) is 4.69. The topological polar surface area (TPSA) is 75.2 Å². The Bertz CT molecular complexity index is 873. The maximum Gasteiger partial charge on any atom is 0.229 e. The highest BCUT2D eigenvalue weighted by atomic mass is 32.2. The second-order valence-electron chi connectivity index (χ2n) is 6.80. The number of aromatic nitrogens is 2. The van der Waals surface area contributed by atoms with Crippen molar-refractivity contribution in [1.29, 1.82) is 0 Å². The van der Waals surface area contributed by atoms with E-state index < -0.39 is 9.84 Å². The van der Waals surface area contributed by atoms with Crippen molar-refractivity contribution < 1.29 is 8.42 Å². The molecule has 1 fully saturated rings. The van der Waals surface area contributed by atoms with Gasteiger partial charge < -0.3 is 10.2 Å². The molecule has 134 valence electrons. The summed E-state index contributed by atoms with van der Waals surface area (Å²) in [6.45, 7) is 6.19. The molecule has 3 rings (SSSR count). The van der Waals surface area contributed by atoms with Crippen molar-refractivity contribution in [3.63, 3.8) is 0 Å². The van der Waals surface area contributed by atoms with Crippen LogP contribution in [-0.2, 0) is 9.84 Å². The molecule has 0 amide bonds. The fourth-order valence-corrected chi connectivity index (χ4v) is 5.14. The van der Waals surface area contributed by atoms with Crippen molar-refractivity contribution >= 4 is 27.3 Å². The van der Waals surface area contributed by atoms with Crippen LogP contribution in [0.5, 0.6) is 0 Å². The fraction of sp³-hybridized carbons (Fsp3) is 0.444. The molecule has 1 aliphatic rings. The van der Waals surface area contributed by atoms with E-state index in [4.69, 9.17) is 0 Å². The number of aryl methyl sites for hydroxylation is 3. The molecule has 0 spiro atoms. The quantitative estimate of drug-likeness (QED) is 0.904. The Hall–Kier alpha value is -2.15. The Morgan fingerprint density at radius 1 is 1.20 bits per heavy atom. The van der Waals surface area contributed by atoms with Gasteiger partial charge in [0, 0.05) is 25.0 Å². The summed E-state index contributed by atoms with van der Waals surface area (Å²) in [4.78, 5) is 10.8. The zero-order valence-electron chi connectivity index (χ0n) is 15.1. The maximum absolute atomic E-state index is 11.7. The van der Waals surface area contributed by atoms with Crippen molar-refractivity contribution in [3.8, 4) is 0 Å². The highest BCUT2D eigenvalue weighted by Gasteiger charge is 2.31. The summed E-state index contributed by atoms with van der Waals surface area (Å²) in [5.74, 6) is 1.68. The van der Waals surface area contributed by atoms with Crippen molar-refractivity contribution in [3.05, 3.63) is 41.1 Å². The molecule has 0 radical (unpaired) electrons. The Morgan fingerprint density at radius 3 is 2.48 bits per heavy atom. The zero-order valence-corrected chi connectivity index (χ0v) is 15.9. The molecule has 1 aromatic carbocycles. The average molecular weight is 360 g/mol. The van der Waals surface area contributed by atoms with Gasteiger partial charge in [-0.3, -0.25) is 0 Å². The molecule has 1 aromatic heterocycles. The molecule has 1 atom stereocenters. The number of hydrogen-bond acceptors (Lipinski definition) is 6. The van der Waals surface area contributed by atoms with Gasteiger partial charge in [0.05, 0.1) is 11.5 Å². The predicted molar refractivity (Wildman–Crippen MR) is 101 cm³/mol. The summed E-state index contributed by atoms with van der Waals surface area (Å²) in [6, 6.07) is 6.02. The first-order valence-electron chi connectivity index (χ1n) is 8.36. The molecule has 1 aliphatic heterocycles. The molecule has 0 bridgehead atoms. The lowest BCUT2D eigenvalue weighted by molar-refractivity contribution is 0.600. The Labute approximate surface area is 149 Å². The van der Waals surface area contributed by atoms with E-state index >= 15 is 0 Å². The molecule has 25 heavy (non-hydrogen) atoms. The van der Waals surface area contributed by atoms with Gasteiger partial charge in [0.1, 0.15) is 5.82 Å². The summed E-state index contributed by atoms with van der Waals surface area (Å²) in [5.41, 5.74) is 4.51. The Balaban J connectivity index is 1.83. The van der Waals surface area contributed by atoms with Crippen molar-refractivity contribution in [2.24, 2.45) is 0 Å². The Morgan fingerprint density at radius 2 is 1.88 bits per heavy atom. The second kappa shape index (κ2) is 6.63. The van der Waals surface area contributed by atoms with Crippen molar-refractivity contribution in [1.82, 2.24) is 9.97 Å². The molecule has 0 aliphatic carbocycles. The summed E-state index contributed by atoms with van der Waals surface area (Å²) in [6.07, 6.45) is 2.34.